The Morgan fingerprint density at radius 2 is 2.11 bits per heavy atom. The van der Waals surface area contributed by atoms with Crippen molar-refractivity contribution < 1.29 is 9.53 Å². The SMILES string of the molecule is O=CNN1CCOCC1. The number of amides is 1. The molecule has 4 nitrogen and oxygen atoms in total. The highest BCUT2D eigenvalue weighted by atomic mass is 16.5. The molecule has 4 heteroatoms. The number of carbonyl (C=O) groups excluding carboxylic acids is 1. The zero-order valence-corrected chi connectivity index (χ0v) is 5.17. The number of hydrazine groups is 1. The predicted molar refractivity (Wildman–Crippen MR) is 31.6 cm³/mol. The minimum absolute atomic E-state index is 0.686. The molecule has 1 heterocycles. The Morgan fingerprint density at radius 3 is 2.67 bits per heavy atom. The van der Waals surface area contributed by atoms with Gasteiger partial charge in [-0.1, -0.05) is 0 Å². The van der Waals surface area contributed by atoms with E-state index in [1.54, 1.807) is 0 Å². The zero-order valence-electron chi connectivity index (χ0n) is 5.17. The third-order valence-electron chi connectivity index (χ3n) is 1.25. The molecule has 0 unspecified atom stereocenters. The molecule has 1 amide bonds. The van der Waals surface area contributed by atoms with E-state index in [1.165, 1.54) is 0 Å². The van der Waals surface area contributed by atoms with Crippen LogP contribution in [0.5, 0.6) is 0 Å². The van der Waals surface area contributed by atoms with Gasteiger partial charge in [-0.2, -0.15) is 0 Å². The second-order valence-corrected chi connectivity index (χ2v) is 1.85. The number of ether oxygens (including phenoxy) is 1. The van der Waals surface area contributed by atoms with E-state index >= 15 is 0 Å². The van der Waals surface area contributed by atoms with Crippen LogP contribution in [0.1, 0.15) is 0 Å². The van der Waals surface area contributed by atoms with Crippen molar-refractivity contribution in [3.8, 4) is 0 Å². The Morgan fingerprint density at radius 1 is 1.44 bits per heavy atom. The van der Waals surface area contributed by atoms with Gasteiger partial charge in [-0.15, -0.1) is 0 Å². The lowest BCUT2D eigenvalue weighted by Gasteiger charge is -2.24. The molecule has 1 fully saturated rings. The van der Waals surface area contributed by atoms with Crippen molar-refractivity contribution in [3.05, 3.63) is 0 Å². The molecule has 52 valence electrons. The molecule has 0 atom stereocenters. The first-order chi connectivity index (χ1) is 4.43. The van der Waals surface area contributed by atoms with Crippen molar-refractivity contribution in [1.82, 2.24) is 10.4 Å². The van der Waals surface area contributed by atoms with Crippen LogP contribution in [0, 0.1) is 0 Å². The summed E-state index contributed by atoms with van der Waals surface area (Å²) < 4.78 is 5.05. The summed E-state index contributed by atoms with van der Waals surface area (Å²) in [6, 6.07) is 0. The molecule has 0 aromatic heterocycles. The molecular formula is C5H10N2O2. The summed E-state index contributed by atoms with van der Waals surface area (Å²) in [6.45, 7) is 3.00. The van der Waals surface area contributed by atoms with E-state index in [1.807, 2.05) is 5.01 Å². The summed E-state index contributed by atoms with van der Waals surface area (Å²) in [7, 11) is 0. The van der Waals surface area contributed by atoms with Crippen LogP contribution in [0.2, 0.25) is 0 Å². The van der Waals surface area contributed by atoms with Crippen LogP contribution in [0.3, 0.4) is 0 Å². The van der Waals surface area contributed by atoms with Gasteiger partial charge in [-0.25, -0.2) is 5.01 Å². The predicted octanol–water partition coefficient (Wildman–Crippen LogP) is -1.02. The summed E-state index contributed by atoms with van der Waals surface area (Å²) in [5.74, 6) is 0. The minimum Gasteiger partial charge on any atom is -0.379 e. The van der Waals surface area contributed by atoms with Gasteiger partial charge in [0.2, 0.25) is 6.41 Å². The highest BCUT2D eigenvalue weighted by Crippen LogP contribution is 1.89. The molecule has 1 aliphatic rings. The van der Waals surface area contributed by atoms with E-state index in [0.717, 1.165) is 13.1 Å². The quantitative estimate of drug-likeness (QED) is 0.486. The Kier molecular flexibility index (Phi) is 2.48. The maximum atomic E-state index is 9.88. The topological polar surface area (TPSA) is 41.6 Å². The fourth-order valence-corrected chi connectivity index (χ4v) is 0.767. The lowest BCUT2D eigenvalue weighted by Crippen LogP contribution is -2.44. The first-order valence-electron chi connectivity index (χ1n) is 2.96. The zero-order chi connectivity index (χ0) is 6.53. The maximum absolute atomic E-state index is 9.88. The molecule has 1 saturated heterocycles. The van der Waals surface area contributed by atoms with Crippen LogP contribution >= 0.6 is 0 Å². The molecule has 1 rings (SSSR count). The van der Waals surface area contributed by atoms with Gasteiger partial charge in [0.25, 0.3) is 0 Å². The monoisotopic (exact) mass is 130 g/mol. The molecule has 0 bridgehead atoms. The minimum atomic E-state index is 0.686. The van der Waals surface area contributed by atoms with Crippen molar-refractivity contribution in [2.24, 2.45) is 0 Å². The average Bonchev–Trinajstić information content (AvgIpc) is 1.91. The van der Waals surface area contributed by atoms with Crippen molar-refractivity contribution in [1.29, 1.82) is 0 Å². The van der Waals surface area contributed by atoms with Gasteiger partial charge in [-0.05, 0) is 0 Å². The van der Waals surface area contributed by atoms with Crippen molar-refractivity contribution in [2.75, 3.05) is 26.3 Å². The Labute approximate surface area is 53.7 Å². The molecule has 0 radical (unpaired) electrons. The second kappa shape index (κ2) is 3.42. The standard InChI is InChI=1S/C5H10N2O2/c8-5-6-7-1-3-9-4-2-7/h5H,1-4H2,(H,6,8). The van der Waals surface area contributed by atoms with Gasteiger partial charge in [0.05, 0.1) is 13.2 Å². The Bertz CT molecular complexity index is 91.0. The highest BCUT2D eigenvalue weighted by Gasteiger charge is 2.07. The second-order valence-electron chi connectivity index (χ2n) is 1.85. The lowest BCUT2D eigenvalue weighted by molar-refractivity contribution is -0.115. The van der Waals surface area contributed by atoms with Crippen LogP contribution in [-0.4, -0.2) is 37.7 Å². The molecule has 0 saturated carbocycles. The van der Waals surface area contributed by atoms with Gasteiger partial charge in [0.1, 0.15) is 0 Å². The fourth-order valence-electron chi connectivity index (χ4n) is 0.767. The van der Waals surface area contributed by atoms with Crippen molar-refractivity contribution in [2.45, 2.75) is 0 Å². The number of nitrogens with zero attached hydrogens (tertiary/aromatic N) is 1. The summed E-state index contributed by atoms with van der Waals surface area (Å²) in [4.78, 5) is 9.88. The molecule has 0 spiro atoms. The van der Waals surface area contributed by atoms with Crippen molar-refractivity contribution >= 4 is 6.41 Å². The van der Waals surface area contributed by atoms with Crippen LogP contribution in [0.15, 0.2) is 0 Å². The van der Waals surface area contributed by atoms with E-state index in [-0.39, 0.29) is 0 Å². The number of hydrogen-bond acceptors (Lipinski definition) is 3. The average molecular weight is 130 g/mol. The van der Waals surface area contributed by atoms with E-state index in [0.29, 0.717) is 19.6 Å². The summed E-state index contributed by atoms with van der Waals surface area (Å²) >= 11 is 0. The van der Waals surface area contributed by atoms with Crippen LogP contribution in [0.25, 0.3) is 0 Å². The number of carbonyl (C=O) groups is 1. The van der Waals surface area contributed by atoms with Crippen molar-refractivity contribution in [3.63, 3.8) is 0 Å². The van der Waals surface area contributed by atoms with Crippen LogP contribution < -0.4 is 5.43 Å². The first-order valence-corrected chi connectivity index (χ1v) is 2.96. The Hall–Kier alpha value is -0.610. The number of rotatable bonds is 2. The van der Waals surface area contributed by atoms with Gasteiger partial charge in [0.15, 0.2) is 0 Å². The van der Waals surface area contributed by atoms with Crippen LogP contribution in [-0.2, 0) is 9.53 Å². The normalized spacial score (nSPS) is 21.3. The molecular weight excluding hydrogens is 120 g/mol. The third kappa shape index (κ3) is 1.99. The van der Waals surface area contributed by atoms with E-state index in [9.17, 15) is 4.79 Å². The summed E-state index contributed by atoms with van der Waals surface area (Å²) in [6.07, 6.45) is 0.686. The molecule has 0 aromatic rings. The van der Waals surface area contributed by atoms with Gasteiger partial charge in [0, 0.05) is 13.1 Å². The molecule has 0 aromatic carbocycles. The molecule has 1 aliphatic heterocycles. The van der Waals surface area contributed by atoms with E-state index in [2.05, 4.69) is 5.43 Å². The maximum Gasteiger partial charge on any atom is 0.221 e. The van der Waals surface area contributed by atoms with E-state index < -0.39 is 0 Å². The number of hydrogen-bond donors (Lipinski definition) is 1. The van der Waals surface area contributed by atoms with Gasteiger partial charge < -0.3 is 4.74 Å². The summed E-state index contributed by atoms with van der Waals surface area (Å²) in [5.41, 5.74) is 2.56. The largest absolute Gasteiger partial charge is 0.379 e. The molecule has 9 heavy (non-hydrogen) atoms. The number of morpholine rings is 1. The van der Waals surface area contributed by atoms with Crippen LogP contribution in [0.4, 0.5) is 0 Å². The number of nitrogens with one attached hydrogen (secondary N) is 1. The van der Waals surface area contributed by atoms with E-state index in [4.69, 9.17) is 4.74 Å². The molecule has 0 aliphatic carbocycles. The fraction of sp³-hybridized carbons (Fsp3) is 0.800. The lowest BCUT2D eigenvalue weighted by atomic mass is 10.5. The summed E-state index contributed by atoms with van der Waals surface area (Å²) in [5, 5.41) is 1.83. The third-order valence-corrected chi connectivity index (χ3v) is 1.25. The Balaban J connectivity index is 2.15. The smallest absolute Gasteiger partial charge is 0.221 e. The van der Waals surface area contributed by atoms with Gasteiger partial charge in [-0.3, -0.25) is 10.2 Å². The van der Waals surface area contributed by atoms with Gasteiger partial charge >= 0.3 is 0 Å². The molecule has 1 N–H and O–H groups in total. The first kappa shape index (κ1) is 6.51. The highest BCUT2D eigenvalue weighted by molar-refractivity contribution is 5.44.